The van der Waals surface area contributed by atoms with Crippen molar-refractivity contribution < 1.29 is 4.74 Å². The van der Waals surface area contributed by atoms with Crippen LogP contribution in [0, 0.1) is 13.8 Å². The number of thiazole rings is 1. The van der Waals surface area contributed by atoms with E-state index in [-0.39, 0.29) is 0 Å². The summed E-state index contributed by atoms with van der Waals surface area (Å²) in [6, 6.07) is 25.3. The molecular formula is C27H28N2OS. The first-order chi connectivity index (χ1) is 15.1. The Bertz CT molecular complexity index is 1200. The van der Waals surface area contributed by atoms with Gasteiger partial charge < -0.3 is 9.30 Å². The van der Waals surface area contributed by atoms with E-state index in [0.717, 1.165) is 29.2 Å². The second kappa shape index (κ2) is 9.80. The molecular weight excluding hydrogens is 400 g/mol. The molecule has 0 saturated carbocycles. The molecule has 0 aliphatic carbocycles. The predicted octanol–water partition coefficient (Wildman–Crippen LogP) is 6.71. The third kappa shape index (κ3) is 5.15. The maximum Gasteiger partial charge on any atom is 0.190 e. The molecule has 31 heavy (non-hydrogen) atoms. The van der Waals surface area contributed by atoms with E-state index >= 15 is 0 Å². The molecule has 0 radical (unpaired) electrons. The van der Waals surface area contributed by atoms with Gasteiger partial charge in [-0.25, -0.2) is 4.99 Å². The normalized spacial score (nSPS) is 11.6. The lowest BCUT2D eigenvalue weighted by atomic mass is 10.0. The van der Waals surface area contributed by atoms with E-state index in [1.165, 1.54) is 27.9 Å². The van der Waals surface area contributed by atoms with Gasteiger partial charge in [0.05, 0.1) is 18.0 Å². The van der Waals surface area contributed by atoms with Gasteiger partial charge in [0.2, 0.25) is 0 Å². The molecule has 1 aromatic heterocycles. The predicted molar refractivity (Wildman–Crippen MR) is 130 cm³/mol. The fourth-order valence-electron chi connectivity index (χ4n) is 3.73. The van der Waals surface area contributed by atoms with Crippen LogP contribution in [0.5, 0.6) is 5.75 Å². The highest BCUT2D eigenvalue weighted by molar-refractivity contribution is 7.07. The molecule has 4 rings (SSSR count). The van der Waals surface area contributed by atoms with E-state index in [4.69, 9.17) is 9.73 Å². The lowest BCUT2D eigenvalue weighted by molar-refractivity contribution is 0.340. The maximum atomic E-state index is 5.56. The molecule has 158 valence electrons. The minimum Gasteiger partial charge on any atom is -0.494 e. The number of hydrogen-bond donors (Lipinski definition) is 0. The Labute approximate surface area is 188 Å². The molecule has 0 spiro atoms. The van der Waals surface area contributed by atoms with Gasteiger partial charge in [0.1, 0.15) is 5.75 Å². The van der Waals surface area contributed by atoms with E-state index in [0.29, 0.717) is 6.61 Å². The van der Waals surface area contributed by atoms with Crippen LogP contribution in [0.1, 0.15) is 23.6 Å². The SMILES string of the molecule is CCOc1ccc(N=c2scc(-c3ccc(C)cc3C)n2CCc2ccccc2)cc1. The van der Waals surface area contributed by atoms with E-state index < -0.39 is 0 Å². The molecule has 0 atom stereocenters. The molecule has 0 aliphatic heterocycles. The summed E-state index contributed by atoms with van der Waals surface area (Å²) in [6.45, 7) is 7.87. The van der Waals surface area contributed by atoms with Gasteiger partial charge in [-0.05, 0) is 62.6 Å². The van der Waals surface area contributed by atoms with E-state index in [2.05, 4.69) is 72.3 Å². The summed E-state index contributed by atoms with van der Waals surface area (Å²) in [5.41, 5.74) is 7.34. The first-order valence-corrected chi connectivity index (χ1v) is 11.6. The van der Waals surface area contributed by atoms with E-state index in [9.17, 15) is 0 Å². The van der Waals surface area contributed by atoms with Crippen LogP contribution in [0.25, 0.3) is 11.3 Å². The number of hydrogen-bond acceptors (Lipinski definition) is 3. The number of nitrogens with zero attached hydrogens (tertiary/aromatic N) is 2. The van der Waals surface area contributed by atoms with Crippen LogP contribution in [-0.4, -0.2) is 11.2 Å². The second-order valence-corrected chi connectivity index (χ2v) is 8.48. The molecule has 3 aromatic carbocycles. The zero-order valence-electron chi connectivity index (χ0n) is 18.3. The van der Waals surface area contributed by atoms with Crippen LogP contribution in [0.4, 0.5) is 5.69 Å². The van der Waals surface area contributed by atoms with Crippen LogP contribution in [0.15, 0.2) is 83.2 Å². The third-order valence-corrected chi connectivity index (χ3v) is 6.16. The van der Waals surface area contributed by atoms with Gasteiger partial charge in [0.15, 0.2) is 4.80 Å². The molecule has 0 fully saturated rings. The highest BCUT2D eigenvalue weighted by Crippen LogP contribution is 2.26. The smallest absolute Gasteiger partial charge is 0.190 e. The number of benzene rings is 3. The van der Waals surface area contributed by atoms with Crippen LogP contribution in [-0.2, 0) is 13.0 Å². The number of aromatic nitrogens is 1. The lowest BCUT2D eigenvalue weighted by Gasteiger charge is -2.12. The van der Waals surface area contributed by atoms with Gasteiger partial charge in [0.25, 0.3) is 0 Å². The van der Waals surface area contributed by atoms with Crippen LogP contribution < -0.4 is 9.54 Å². The molecule has 4 aromatic rings. The maximum absolute atomic E-state index is 5.56. The third-order valence-electron chi connectivity index (χ3n) is 5.29. The van der Waals surface area contributed by atoms with Crippen molar-refractivity contribution in [3.63, 3.8) is 0 Å². The van der Waals surface area contributed by atoms with Crippen molar-refractivity contribution >= 4 is 17.0 Å². The Morgan fingerprint density at radius 3 is 2.42 bits per heavy atom. The Kier molecular flexibility index (Phi) is 6.68. The summed E-state index contributed by atoms with van der Waals surface area (Å²) < 4.78 is 7.92. The van der Waals surface area contributed by atoms with E-state index in [1.54, 1.807) is 11.3 Å². The summed E-state index contributed by atoms with van der Waals surface area (Å²) in [5.74, 6) is 0.876. The van der Waals surface area contributed by atoms with Crippen LogP contribution in [0.2, 0.25) is 0 Å². The van der Waals surface area contributed by atoms with Crippen molar-refractivity contribution in [1.29, 1.82) is 0 Å². The van der Waals surface area contributed by atoms with E-state index in [1.807, 2.05) is 31.2 Å². The highest BCUT2D eigenvalue weighted by Gasteiger charge is 2.11. The first kappa shape index (κ1) is 21.1. The minimum atomic E-state index is 0.667. The summed E-state index contributed by atoms with van der Waals surface area (Å²) in [4.78, 5) is 5.98. The van der Waals surface area contributed by atoms with Gasteiger partial charge >= 0.3 is 0 Å². The largest absolute Gasteiger partial charge is 0.494 e. The number of rotatable bonds is 7. The molecule has 1 heterocycles. The molecule has 0 bridgehead atoms. The van der Waals surface area contributed by atoms with Crippen LogP contribution in [0.3, 0.4) is 0 Å². The Balaban J connectivity index is 1.74. The van der Waals surface area contributed by atoms with Crippen molar-refractivity contribution in [2.75, 3.05) is 6.61 Å². The van der Waals surface area contributed by atoms with Crippen LogP contribution >= 0.6 is 11.3 Å². The fourth-order valence-corrected chi connectivity index (χ4v) is 4.68. The second-order valence-electron chi connectivity index (χ2n) is 7.65. The van der Waals surface area contributed by atoms with Gasteiger partial charge in [-0.1, -0.05) is 54.1 Å². The van der Waals surface area contributed by atoms with Gasteiger partial charge in [-0.3, -0.25) is 0 Å². The Morgan fingerprint density at radius 2 is 1.71 bits per heavy atom. The van der Waals surface area contributed by atoms with Crippen molar-refractivity contribution in [1.82, 2.24) is 4.57 Å². The van der Waals surface area contributed by atoms with Gasteiger partial charge in [-0.15, -0.1) is 11.3 Å². The molecule has 0 saturated heterocycles. The zero-order chi connectivity index (χ0) is 21.6. The summed E-state index contributed by atoms with van der Waals surface area (Å²) in [7, 11) is 0. The highest BCUT2D eigenvalue weighted by atomic mass is 32.1. The standard InChI is InChI=1S/C27H28N2OS/c1-4-30-24-13-11-23(12-14-24)28-27-29(17-16-22-8-6-5-7-9-22)26(19-31-27)25-15-10-20(2)18-21(25)3/h5-15,18-19H,4,16-17H2,1-3H3. The van der Waals surface area contributed by atoms with Crippen molar-refractivity contribution in [3.05, 3.63) is 99.7 Å². The average Bonchev–Trinajstić information content (AvgIpc) is 3.16. The van der Waals surface area contributed by atoms with Gasteiger partial charge in [0, 0.05) is 17.5 Å². The Morgan fingerprint density at radius 1 is 0.935 bits per heavy atom. The molecule has 0 N–H and O–H groups in total. The zero-order valence-corrected chi connectivity index (χ0v) is 19.2. The molecule has 0 amide bonds. The Hall–Kier alpha value is -3.11. The molecule has 4 heteroatoms. The first-order valence-electron chi connectivity index (χ1n) is 10.7. The lowest BCUT2D eigenvalue weighted by Crippen LogP contribution is -2.17. The molecule has 0 unspecified atom stereocenters. The molecule has 3 nitrogen and oxygen atoms in total. The number of aryl methyl sites for hydroxylation is 3. The summed E-state index contributed by atoms with van der Waals surface area (Å²) in [5, 5.41) is 2.23. The van der Waals surface area contributed by atoms with Crippen molar-refractivity contribution in [2.24, 2.45) is 4.99 Å². The minimum absolute atomic E-state index is 0.667. The summed E-state index contributed by atoms with van der Waals surface area (Å²) >= 11 is 1.69. The fraction of sp³-hybridized carbons (Fsp3) is 0.222. The monoisotopic (exact) mass is 428 g/mol. The topological polar surface area (TPSA) is 26.5 Å². The molecule has 0 aliphatic rings. The van der Waals surface area contributed by atoms with Gasteiger partial charge in [-0.2, -0.15) is 0 Å². The summed E-state index contributed by atoms with van der Waals surface area (Å²) in [6.07, 6.45) is 0.964. The van der Waals surface area contributed by atoms with Crippen molar-refractivity contribution in [3.8, 4) is 17.0 Å². The average molecular weight is 429 g/mol. The number of ether oxygens (including phenoxy) is 1. The van der Waals surface area contributed by atoms with Crippen molar-refractivity contribution in [2.45, 2.75) is 33.7 Å². The quantitative estimate of drug-likeness (QED) is 0.321.